The molecule has 0 aromatic heterocycles. The van der Waals surface area contributed by atoms with E-state index in [-0.39, 0.29) is 5.75 Å². The highest BCUT2D eigenvalue weighted by Crippen LogP contribution is 2.67. The second-order valence-electron chi connectivity index (χ2n) is 2.16. The van der Waals surface area contributed by atoms with Crippen molar-refractivity contribution >= 4 is 15.3 Å². The van der Waals surface area contributed by atoms with Crippen molar-refractivity contribution in [2.24, 2.45) is 0 Å². The molecule has 0 saturated heterocycles. The maximum Gasteiger partial charge on any atom is 0.451 e. The molecular formula is C6H8O5P2. The van der Waals surface area contributed by atoms with Crippen molar-refractivity contribution in [2.45, 2.75) is 0 Å². The highest BCUT2D eigenvalue weighted by atomic mass is 32.1. The van der Waals surface area contributed by atoms with Crippen molar-refractivity contribution < 1.29 is 23.8 Å². The molecule has 0 radical (unpaired) electrons. The van der Waals surface area contributed by atoms with Crippen LogP contribution in [0.25, 0.3) is 0 Å². The molecule has 7 heteroatoms. The summed E-state index contributed by atoms with van der Waals surface area (Å²) in [7, 11) is -7.29. The molecule has 1 atom stereocenters. The van der Waals surface area contributed by atoms with Crippen LogP contribution in [-0.2, 0) is 4.57 Å². The minimum atomic E-state index is -4.31. The summed E-state index contributed by atoms with van der Waals surface area (Å²) in [5.41, 5.74) is 0. The maximum absolute atomic E-state index is 10.9. The summed E-state index contributed by atoms with van der Waals surface area (Å²) >= 11 is 0. The molecule has 1 rings (SSSR count). The first-order chi connectivity index (χ1) is 6.02. The second kappa shape index (κ2) is 4.18. The fraction of sp³-hybridized carbons (Fsp3) is 0. The molecule has 0 spiro atoms. The van der Waals surface area contributed by atoms with Crippen LogP contribution in [0.2, 0.25) is 0 Å². The van der Waals surface area contributed by atoms with Gasteiger partial charge in [-0.1, -0.05) is 18.2 Å². The minimum Gasteiger partial charge on any atom is -0.419 e. The van der Waals surface area contributed by atoms with Gasteiger partial charge in [0.25, 0.3) is 0 Å². The summed E-state index contributed by atoms with van der Waals surface area (Å²) in [6, 6.07) is 7.80. The number of hydrogen-bond donors (Lipinski definition) is 3. The first kappa shape index (κ1) is 10.6. The smallest absolute Gasteiger partial charge is 0.419 e. The van der Waals surface area contributed by atoms with Gasteiger partial charge in [0, 0.05) is 0 Å². The first-order valence-corrected chi connectivity index (χ1v) is 6.81. The van der Waals surface area contributed by atoms with Crippen LogP contribution < -0.4 is 4.52 Å². The van der Waals surface area contributed by atoms with Crippen LogP contribution in [0.3, 0.4) is 0 Å². The third-order valence-corrected chi connectivity index (χ3v) is 3.70. The van der Waals surface area contributed by atoms with Crippen molar-refractivity contribution in [1.29, 1.82) is 0 Å². The molecule has 0 fully saturated rings. The van der Waals surface area contributed by atoms with E-state index in [9.17, 15) is 4.57 Å². The number of hydrogen-bond acceptors (Lipinski definition) is 4. The monoisotopic (exact) mass is 222 g/mol. The Morgan fingerprint density at radius 3 is 2.23 bits per heavy atom. The first-order valence-electron chi connectivity index (χ1n) is 3.28. The third-order valence-electron chi connectivity index (χ3n) is 1.19. The molecule has 3 N–H and O–H groups in total. The van der Waals surface area contributed by atoms with Crippen molar-refractivity contribution in [3.63, 3.8) is 0 Å². The van der Waals surface area contributed by atoms with Crippen molar-refractivity contribution in [3.8, 4) is 5.75 Å². The average molecular weight is 222 g/mol. The normalized spacial score (nSPS) is 15.4. The molecular weight excluding hydrogens is 214 g/mol. The van der Waals surface area contributed by atoms with Gasteiger partial charge in [0.1, 0.15) is 5.75 Å². The molecule has 0 bridgehead atoms. The van der Waals surface area contributed by atoms with Crippen LogP contribution in [0.15, 0.2) is 30.3 Å². The van der Waals surface area contributed by atoms with Gasteiger partial charge in [0.2, 0.25) is 0 Å². The molecule has 0 aliphatic heterocycles. The molecule has 1 aromatic rings. The lowest BCUT2D eigenvalue weighted by atomic mass is 10.3. The summed E-state index contributed by atoms with van der Waals surface area (Å²) in [5.74, 6) is 0.129. The van der Waals surface area contributed by atoms with Crippen molar-refractivity contribution in [3.05, 3.63) is 30.3 Å². The summed E-state index contributed by atoms with van der Waals surface area (Å²) in [6.07, 6.45) is 0. The van der Waals surface area contributed by atoms with Gasteiger partial charge in [-0.15, -0.1) is 0 Å². The Morgan fingerprint density at radius 2 is 1.77 bits per heavy atom. The Balaban J connectivity index is 2.76. The zero-order valence-electron chi connectivity index (χ0n) is 6.44. The Bertz CT molecular complexity index is 312. The molecule has 72 valence electrons. The van der Waals surface area contributed by atoms with E-state index in [1.165, 1.54) is 12.1 Å². The number of rotatable bonds is 3. The highest BCUT2D eigenvalue weighted by molar-refractivity contribution is 8.23. The summed E-state index contributed by atoms with van der Waals surface area (Å²) in [5, 5.41) is 0. The lowest BCUT2D eigenvalue weighted by Crippen LogP contribution is -1.89. The predicted octanol–water partition coefficient (Wildman–Crippen LogP) is 1.46. The lowest BCUT2D eigenvalue weighted by Gasteiger charge is -2.12. The number of para-hydroxylation sites is 1. The molecule has 13 heavy (non-hydrogen) atoms. The van der Waals surface area contributed by atoms with E-state index in [0.717, 1.165) is 0 Å². The molecule has 0 amide bonds. The largest absolute Gasteiger partial charge is 0.451 e. The Hall–Kier alpha value is -0.440. The quantitative estimate of drug-likeness (QED) is 0.674. The van der Waals surface area contributed by atoms with E-state index < -0.39 is 15.3 Å². The van der Waals surface area contributed by atoms with Gasteiger partial charge in [-0.05, 0) is 12.1 Å². The van der Waals surface area contributed by atoms with E-state index in [2.05, 4.69) is 4.52 Å². The van der Waals surface area contributed by atoms with Crippen LogP contribution in [0.1, 0.15) is 0 Å². The van der Waals surface area contributed by atoms with Gasteiger partial charge in [-0.3, -0.25) is 0 Å². The summed E-state index contributed by atoms with van der Waals surface area (Å²) in [6.45, 7) is 0. The zero-order valence-corrected chi connectivity index (χ0v) is 8.23. The second-order valence-corrected chi connectivity index (χ2v) is 6.45. The van der Waals surface area contributed by atoms with Crippen LogP contribution in [-0.4, -0.2) is 14.7 Å². The van der Waals surface area contributed by atoms with Crippen LogP contribution in [0, 0.1) is 0 Å². The van der Waals surface area contributed by atoms with Gasteiger partial charge in [-0.25, -0.2) is 4.57 Å². The predicted molar refractivity (Wildman–Crippen MR) is 48.3 cm³/mol. The molecule has 0 aliphatic rings. The SMILES string of the molecule is O=P(O)(Oc1ccccc1)P(O)O. The van der Waals surface area contributed by atoms with Crippen molar-refractivity contribution in [2.75, 3.05) is 0 Å². The van der Waals surface area contributed by atoms with Crippen LogP contribution in [0.4, 0.5) is 0 Å². The van der Waals surface area contributed by atoms with Gasteiger partial charge in [0.05, 0.1) is 0 Å². The van der Waals surface area contributed by atoms with Crippen molar-refractivity contribution in [1.82, 2.24) is 0 Å². The molecule has 5 nitrogen and oxygen atoms in total. The lowest BCUT2D eigenvalue weighted by molar-refractivity contribution is 0.382. The van der Waals surface area contributed by atoms with E-state index in [1.807, 2.05) is 0 Å². The molecule has 0 aliphatic carbocycles. The summed E-state index contributed by atoms with van der Waals surface area (Å²) < 4.78 is 15.4. The van der Waals surface area contributed by atoms with Gasteiger partial charge in [0.15, 0.2) is 0 Å². The zero-order chi connectivity index (χ0) is 9.90. The van der Waals surface area contributed by atoms with Crippen LogP contribution in [0.5, 0.6) is 5.75 Å². The standard InChI is InChI=1S/C6H8O5P2/c7-12(8)13(9,10)11-6-4-2-1-3-5-6/h1-5,7-8H,(H,9,10). The topological polar surface area (TPSA) is 87.0 Å². The molecule has 0 heterocycles. The molecule has 0 saturated carbocycles. The van der Waals surface area contributed by atoms with E-state index >= 15 is 0 Å². The van der Waals surface area contributed by atoms with Crippen LogP contribution >= 0.6 is 15.3 Å². The average Bonchev–Trinajstić information content (AvgIpc) is 2.05. The molecule has 1 aromatic carbocycles. The summed E-state index contributed by atoms with van der Waals surface area (Å²) in [4.78, 5) is 26.0. The molecule has 1 unspecified atom stereocenters. The van der Waals surface area contributed by atoms with E-state index in [4.69, 9.17) is 14.7 Å². The maximum atomic E-state index is 10.9. The third kappa shape index (κ3) is 3.07. The highest BCUT2D eigenvalue weighted by Gasteiger charge is 2.32. The minimum absolute atomic E-state index is 0.129. The fourth-order valence-corrected chi connectivity index (χ4v) is 1.63. The number of benzene rings is 1. The Labute approximate surface area is 76.0 Å². The Morgan fingerprint density at radius 1 is 1.23 bits per heavy atom. The van der Waals surface area contributed by atoms with Gasteiger partial charge >= 0.3 is 15.3 Å². The Kier molecular flexibility index (Phi) is 3.42. The van der Waals surface area contributed by atoms with E-state index in [1.54, 1.807) is 18.2 Å². The van der Waals surface area contributed by atoms with Gasteiger partial charge < -0.3 is 19.2 Å². The van der Waals surface area contributed by atoms with E-state index in [0.29, 0.717) is 0 Å². The van der Waals surface area contributed by atoms with Gasteiger partial charge in [-0.2, -0.15) is 0 Å². The fourth-order valence-electron chi connectivity index (χ4n) is 0.655.